The number of rotatable bonds is 4. The van der Waals surface area contributed by atoms with Gasteiger partial charge in [-0.25, -0.2) is 4.98 Å². The Kier molecular flexibility index (Phi) is 3.83. The summed E-state index contributed by atoms with van der Waals surface area (Å²) < 4.78 is 1.86. The van der Waals surface area contributed by atoms with Crippen LogP contribution in [0, 0.1) is 10.1 Å². The third kappa shape index (κ3) is 2.87. The first kappa shape index (κ1) is 13.9. The molecule has 1 aromatic carbocycles. The van der Waals surface area contributed by atoms with E-state index in [4.69, 9.17) is 0 Å². The van der Waals surface area contributed by atoms with Gasteiger partial charge in [0.05, 0.1) is 9.82 Å². The zero-order chi connectivity index (χ0) is 14.8. The molecular weight excluding hydrogens is 288 g/mol. The Bertz CT molecular complexity index is 665. The third-order valence-electron chi connectivity index (χ3n) is 3.59. The highest BCUT2D eigenvalue weighted by atomic mass is 32.2. The van der Waals surface area contributed by atoms with Crippen LogP contribution >= 0.6 is 11.8 Å². The van der Waals surface area contributed by atoms with Crippen molar-refractivity contribution in [1.82, 2.24) is 9.55 Å². The second-order valence-electron chi connectivity index (χ2n) is 5.03. The fourth-order valence-electron chi connectivity index (χ4n) is 2.46. The molecule has 0 amide bonds. The van der Waals surface area contributed by atoms with Gasteiger partial charge in [-0.05, 0) is 36.7 Å². The van der Waals surface area contributed by atoms with Crippen molar-refractivity contribution in [3.8, 4) is 0 Å². The Morgan fingerprint density at radius 2 is 2.10 bits per heavy atom. The molecule has 1 saturated heterocycles. The van der Waals surface area contributed by atoms with E-state index in [2.05, 4.69) is 9.88 Å². The summed E-state index contributed by atoms with van der Waals surface area (Å²) in [4.78, 5) is 18.0. The van der Waals surface area contributed by atoms with Crippen molar-refractivity contribution in [3.63, 3.8) is 0 Å². The summed E-state index contributed by atoms with van der Waals surface area (Å²) in [6.45, 7) is 2.04. The summed E-state index contributed by atoms with van der Waals surface area (Å²) >= 11 is 1.33. The summed E-state index contributed by atoms with van der Waals surface area (Å²) in [6, 6.07) is 5.34. The summed E-state index contributed by atoms with van der Waals surface area (Å²) in [5.41, 5.74) is 1.18. The molecule has 1 fully saturated rings. The van der Waals surface area contributed by atoms with E-state index in [0.717, 1.165) is 23.9 Å². The monoisotopic (exact) mass is 304 g/mol. The molecule has 1 aliphatic rings. The van der Waals surface area contributed by atoms with Gasteiger partial charge >= 0.3 is 0 Å². The lowest BCUT2D eigenvalue weighted by Crippen LogP contribution is -2.17. The van der Waals surface area contributed by atoms with Gasteiger partial charge in [-0.2, -0.15) is 0 Å². The van der Waals surface area contributed by atoms with Gasteiger partial charge in [0, 0.05) is 44.3 Å². The van der Waals surface area contributed by atoms with Crippen LogP contribution in [0.2, 0.25) is 0 Å². The maximum atomic E-state index is 11.2. The van der Waals surface area contributed by atoms with Gasteiger partial charge in [0.25, 0.3) is 5.69 Å². The van der Waals surface area contributed by atoms with Crippen LogP contribution in [0.4, 0.5) is 11.4 Å². The summed E-state index contributed by atoms with van der Waals surface area (Å²) in [5.74, 6) is 0. The first-order valence-electron chi connectivity index (χ1n) is 6.84. The molecule has 0 atom stereocenters. The van der Waals surface area contributed by atoms with Gasteiger partial charge in [-0.1, -0.05) is 0 Å². The molecule has 0 radical (unpaired) electrons. The Hall–Kier alpha value is -2.02. The Morgan fingerprint density at radius 3 is 2.71 bits per heavy atom. The topological polar surface area (TPSA) is 64.2 Å². The predicted molar refractivity (Wildman–Crippen MR) is 81.9 cm³/mol. The number of nitro benzene ring substituents is 1. The largest absolute Gasteiger partial charge is 0.371 e. The molecule has 2 heterocycles. The Labute approximate surface area is 126 Å². The van der Waals surface area contributed by atoms with E-state index in [1.54, 1.807) is 12.3 Å². The van der Waals surface area contributed by atoms with Gasteiger partial charge in [0.2, 0.25) is 0 Å². The van der Waals surface area contributed by atoms with Gasteiger partial charge in [-0.15, -0.1) is 0 Å². The van der Waals surface area contributed by atoms with Crippen molar-refractivity contribution in [2.75, 3.05) is 18.0 Å². The summed E-state index contributed by atoms with van der Waals surface area (Å²) in [7, 11) is 1.88. The molecule has 0 spiro atoms. The van der Waals surface area contributed by atoms with E-state index in [9.17, 15) is 10.1 Å². The molecule has 0 N–H and O–H groups in total. The van der Waals surface area contributed by atoms with Crippen molar-refractivity contribution in [2.24, 2.45) is 7.05 Å². The van der Waals surface area contributed by atoms with Gasteiger partial charge in [0.15, 0.2) is 5.16 Å². The van der Waals surface area contributed by atoms with Crippen LogP contribution in [-0.4, -0.2) is 27.6 Å². The minimum absolute atomic E-state index is 0.131. The van der Waals surface area contributed by atoms with Crippen LogP contribution in [0.25, 0.3) is 0 Å². The highest BCUT2D eigenvalue weighted by Crippen LogP contribution is 2.37. The summed E-state index contributed by atoms with van der Waals surface area (Å²) in [5, 5.41) is 12.0. The number of nitrogens with zero attached hydrogens (tertiary/aromatic N) is 4. The van der Waals surface area contributed by atoms with Crippen LogP contribution in [0.3, 0.4) is 0 Å². The number of nitro groups is 1. The molecule has 6 nitrogen and oxygen atoms in total. The highest BCUT2D eigenvalue weighted by Gasteiger charge is 2.20. The SMILES string of the molecule is Cn1ccnc1Sc1cc(N2CCCC2)ccc1[N+](=O)[O-]. The number of benzene rings is 1. The molecule has 0 unspecified atom stereocenters. The van der Waals surface area contributed by atoms with E-state index in [1.807, 2.05) is 29.9 Å². The van der Waals surface area contributed by atoms with Crippen molar-refractivity contribution in [2.45, 2.75) is 22.9 Å². The molecule has 3 rings (SSSR count). The number of hydrogen-bond acceptors (Lipinski definition) is 5. The quantitative estimate of drug-likeness (QED) is 0.641. The first-order chi connectivity index (χ1) is 10.1. The number of aromatic nitrogens is 2. The van der Waals surface area contributed by atoms with Crippen LogP contribution < -0.4 is 4.90 Å². The number of hydrogen-bond donors (Lipinski definition) is 0. The number of imidazole rings is 1. The molecule has 110 valence electrons. The van der Waals surface area contributed by atoms with Crippen molar-refractivity contribution < 1.29 is 4.92 Å². The van der Waals surface area contributed by atoms with Crippen LogP contribution in [0.5, 0.6) is 0 Å². The van der Waals surface area contributed by atoms with E-state index in [-0.39, 0.29) is 10.6 Å². The molecule has 2 aromatic rings. The lowest BCUT2D eigenvalue weighted by Gasteiger charge is -2.18. The van der Waals surface area contributed by atoms with Crippen LogP contribution in [-0.2, 0) is 7.05 Å². The lowest BCUT2D eigenvalue weighted by atomic mass is 10.2. The van der Waals surface area contributed by atoms with E-state index in [0.29, 0.717) is 4.90 Å². The average molecular weight is 304 g/mol. The zero-order valence-corrected chi connectivity index (χ0v) is 12.5. The molecular formula is C14H16N4O2S. The molecule has 1 aromatic heterocycles. The van der Waals surface area contributed by atoms with Crippen LogP contribution in [0.15, 0.2) is 40.6 Å². The van der Waals surface area contributed by atoms with Gasteiger partial charge in [-0.3, -0.25) is 10.1 Å². The normalized spacial score (nSPS) is 14.6. The molecule has 21 heavy (non-hydrogen) atoms. The molecule has 7 heteroatoms. The van der Waals surface area contributed by atoms with E-state index < -0.39 is 0 Å². The van der Waals surface area contributed by atoms with Crippen molar-refractivity contribution in [1.29, 1.82) is 0 Å². The lowest BCUT2D eigenvalue weighted by molar-refractivity contribution is -0.387. The molecule has 0 saturated carbocycles. The molecule has 0 bridgehead atoms. The smallest absolute Gasteiger partial charge is 0.283 e. The first-order valence-corrected chi connectivity index (χ1v) is 7.65. The maximum Gasteiger partial charge on any atom is 0.283 e. The van der Waals surface area contributed by atoms with Crippen molar-refractivity contribution >= 4 is 23.1 Å². The molecule has 1 aliphatic heterocycles. The van der Waals surface area contributed by atoms with E-state index >= 15 is 0 Å². The third-order valence-corrected chi connectivity index (χ3v) is 4.71. The fraction of sp³-hybridized carbons (Fsp3) is 0.357. The maximum absolute atomic E-state index is 11.2. The summed E-state index contributed by atoms with van der Waals surface area (Å²) in [6.07, 6.45) is 5.88. The number of anilines is 1. The van der Waals surface area contributed by atoms with Gasteiger partial charge < -0.3 is 9.47 Å². The van der Waals surface area contributed by atoms with Crippen molar-refractivity contribution in [3.05, 3.63) is 40.7 Å². The van der Waals surface area contributed by atoms with Gasteiger partial charge in [0.1, 0.15) is 0 Å². The standard InChI is InChI=1S/C14H16N4O2S/c1-16-9-6-15-14(16)21-13-10-11(17-7-2-3-8-17)4-5-12(13)18(19)20/h4-6,9-10H,2-3,7-8H2,1H3. The second-order valence-corrected chi connectivity index (χ2v) is 6.04. The Balaban J connectivity index is 1.96. The number of aryl methyl sites for hydroxylation is 1. The zero-order valence-electron chi connectivity index (χ0n) is 11.7. The minimum Gasteiger partial charge on any atom is -0.371 e. The van der Waals surface area contributed by atoms with E-state index in [1.165, 1.54) is 24.6 Å². The van der Waals surface area contributed by atoms with Crippen LogP contribution in [0.1, 0.15) is 12.8 Å². The second kappa shape index (κ2) is 5.77. The fourth-order valence-corrected chi connectivity index (χ4v) is 3.40. The predicted octanol–water partition coefficient (Wildman–Crippen LogP) is 3.08. The Morgan fingerprint density at radius 1 is 1.33 bits per heavy atom. The molecule has 0 aliphatic carbocycles. The minimum atomic E-state index is -0.334. The average Bonchev–Trinajstić information content (AvgIpc) is 3.11. The highest BCUT2D eigenvalue weighted by molar-refractivity contribution is 7.99.